The van der Waals surface area contributed by atoms with Crippen LogP contribution in [0.2, 0.25) is 0 Å². The van der Waals surface area contributed by atoms with E-state index in [0.717, 1.165) is 49.0 Å². The van der Waals surface area contributed by atoms with Gasteiger partial charge in [-0.1, -0.05) is 60.7 Å². The van der Waals surface area contributed by atoms with E-state index in [-0.39, 0.29) is 18.5 Å². The first kappa shape index (κ1) is 21.7. The molecular weight excluding hydrogens is 389 g/mol. The van der Waals surface area contributed by atoms with Gasteiger partial charge in [-0.05, 0) is 65.8 Å². The summed E-state index contributed by atoms with van der Waals surface area (Å²) in [7, 11) is 0. The van der Waals surface area contributed by atoms with Crippen LogP contribution in [0, 0.1) is 5.82 Å². The van der Waals surface area contributed by atoms with E-state index >= 15 is 0 Å². The lowest BCUT2D eigenvalue weighted by Gasteiger charge is -2.34. The molecule has 0 aromatic heterocycles. The van der Waals surface area contributed by atoms with Crippen molar-refractivity contribution in [3.8, 4) is 11.1 Å². The minimum atomic E-state index is -0.228. The fourth-order valence-electron chi connectivity index (χ4n) is 4.38. The molecule has 0 fully saturated rings. The van der Waals surface area contributed by atoms with Crippen molar-refractivity contribution in [1.82, 2.24) is 4.90 Å². The predicted octanol–water partition coefficient (Wildman–Crippen LogP) is 5.73. The third-order valence-electron chi connectivity index (χ3n) is 6.01. The fraction of sp³-hybridized carbons (Fsp3) is 0.333. The Hall–Kier alpha value is -2.53. The Kier molecular flexibility index (Phi) is 7.47. The highest BCUT2D eigenvalue weighted by Gasteiger charge is 2.24. The molecule has 1 atom stereocenters. The van der Waals surface area contributed by atoms with Gasteiger partial charge in [0.05, 0.1) is 19.3 Å². The highest BCUT2D eigenvalue weighted by Crippen LogP contribution is 2.33. The Labute approximate surface area is 184 Å². The second kappa shape index (κ2) is 10.7. The topological polar surface area (TPSA) is 32.7 Å². The molecule has 1 aliphatic heterocycles. The lowest BCUT2D eigenvalue weighted by Crippen LogP contribution is -2.33. The van der Waals surface area contributed by atoms with Crippen LogP contribution < -0.4 is 0 Å². The molecule has 0 saturated carbocycles. The lowest BCUT2D eigenvalue weighted by molar-refractivity contribution is 0.0443. The van der Waals surface area contributed by atoms with Gasteiger partial charge in [0.15, 0.2) is 0 Å². The molecule has 31 heavy (non-hydrogen) atoms. The summed E-state index contributed by atoms with van der Waals surface area (Å²) >= 11 is 0. The Morgan fingerprint density at radius 2 is 1.68 bits per heavy atom. The van der Waals surface area contributed by atoms with Crippen molar-refractivity contribution in [2.75, 3.05) is 19.8 Å². The maximum absolute atomic E-state index is 14.1. The van der Waals surface area contributed by atoms with E-state index in [4.69, 9.17) is 9.84 Å². The van der Waals surface area contributed by atoms with Gasteiger partial charge in [-0.25, -0.2) is 4.39 Å². The van der Waals surface area contributed by atoms with E-state index < -0.39 is 0 Å². The van der Waals surface area contributed by atoms with Crippen LogP contribution in [0.5, 0.6) is 0 Å². The molecule has 4 rings (SSSR count). The zero-order valence-corrected chi connectivity index (χ0v) is 17.8. The van der Waals surface area contributed by atoms with Gasteiger partial charge >= 0.3 is 0 Å². The quantitative estimate of drug-likeness (QED) is 0.518. The van der Waals surface area contributed by atoms with Crippen molar-refractivity contribution in [1.29, 1.82) is 0 Å². The SMILES string of the molecule is OCCCCCN1Cc2ccccc2-c2cc(F)ccc2COC[C@H]1c1ccccc1. The van der Waals surface area contributed by atoms with Gasteiger partial charge in [0, 0.05) is 13.2 Å². The van der Waals surface area contributed by atoms with Gasteiger partial charge in [0.25, 0.3) is 0 Å². The summed E-state index contributed by atoms with van der Waals surface area (Å²) in [4.78, 5) is 2.47. The van der Waals surface area contributed by atoms with E-state index in [1.54, 1.807) is 6.07 Å². The lowest BCUT2D eigenvalue weighted by atomic mass is 9.94. The molecule has 1 N–H and O–H groups in total. The zero-order chi connectivity index (χ0) is 21.5. The summed E-state index contributed by atoms with van der Waals surface area (Å²) in [6.07, 6.45) is 2.83. The monoisotopic (exact) mass is 419 g/mol. The molecule has 0 saturated heterocycles. The number of nitrogens with zero attached hydrogens (tertiary/aromatic N) is 1. The van der Waals surface area contributed by atoms with Crippen LogP contribution in [0.1, 0.15) is 42.0 Å². The van der Waals surface area contributed by atoms with E-state index in [1.165, 1.54) is 17.2 Å². The number of aliphatic hydroxyl groups is 1. The first-order chi connectivity index (χ1) is 15.3. The smallest absolute Gasteiger partial charge is 0.123 e. The van der Waals surface area contributed by atoms with E-state index in [1.807, 2.05) is 18.2 Å². The van der Waals surface area contributed by atoms with Crippen LogP contribution in [-0.2, 0) is 17.9 Å². The Bertz CT molecular complexity index is 976. The Balaban J connectivity index is 1.73. The predicted molar refractivity (Wildman–Crippen MR) is 122 cm³/mol. The van der Waals surface area contributed by atoms with Crippen molar-refractivity contribution in [2.24, 2.45) is 0 Å². The average Bonchev–Trinajstić information content (AvgIpc) is 2.80. The van der Waals surface area contributed by atoms with Crippen LogP contribution in [0.4, 0.5) is 4.39 Å². The molecule has 0 unspecified atom stereocenters. The number of fused-ring (bicyclic) bond motifs is 3. The molecule has 3 nitrogen and oxygen atoms in total. The molecule has 162 valence electrons. The third-order valence-corrected chi connectivity index (χ3v) is 6.01. The maximum Gasteiger partial charge on any atom is 0.123 e. The van der Waals surface area contributed by atoms with Crippen molar-refractivity contribution in [3.63, 3.8) is 0 Å². The highest BCUT2D eigenvalue weighted by atomic mass is 19.1. The number of benzene rings is 3. The Morgan fingerprint density at radius 3 is 2.52 bits per heavy atom. The minimum Gasteiger partial charge on any atom is -0.396 e. The van der Waals surface area contributed by atoms with Crippen LogP contribution in [0.25, 0.3) is 11.1 Å². The molecular formula is C27H30FNO2. The fourth-order valence-corrected chi connectivity index (χ4v) is 4.38. The van der Waals surface area contributed by atoms with Gasteiger partial charge in [-0.2, -0.15) is 0 Å². The maximum atomic E-state index is 14.1. The average molecular weight is 420 g/mol. The van der Waals surface area contributed by atoms with Gasteiger partial charge in [-0.3, -0.25) is 4.90 Å². The van der Waals surface area contributed by atoms with Crippen molar-refractivity contribution in [2.45, 2.75) is 38.5 Å². The summed E-state index contributed by atoms with van der Waals surface area (Å²) < 4.78 is 20.3. The summed E-state index contributed by atoms with van der Waals surface area (Å²) in [5.41, 5.74) is 5.42. The minimum absolute atomic E-state index is 0.130. The van der Waals surface area contributed by atoms with Gasteiger partial charge in [0.1, 0.15) is 5.82 Å². The van der Waals surface area contributed by atoms with Crippen LogP contribution >= 0.6 is 0 Å². The number of aliphatic hydroxyl groups excluding tert-OH is 1. The summed E-state index contributed by atoms with van der Waals surface area (Å²) in [5, 5.41) is 9.17. The van der Waals surface area contributed by atoms with Crippen LogP contribution in [0.3, 0.4) is 0 Å². The normalized spacial score (nSPS) is 17.0. The summed E-state index contributed by atoms with van der Waals surface area (Å²) in [5.74, 6) is -0.228. The number of halogens is 1. The zero-order valence-electron chi connectivity index (χ0n) is 17.8. The van der Waals surface area contributed by atoms with Crippen LogP contribution in [-0.4, -0.2) is 29.8 Å². The highest BCUT2D eigenvalue weighted by molar-refractivity contribution is 5.70. The van der Waals surface area contributed by atoms with Crippen molar-refractivity contribution in [3.05, 3.63) is 95.3 Å². The molecule has 3 aromatic carbocycles. The third kappa shape index (κ3) is 5.40. The van der Waals surface area contributed by atoms with E-state index in [0.29, 0.717) is 13.2 Å². The molecule has 0 spiro atoms. The number of ether oxygens (including phenoxy) is 1. The van der Waals surface area contributed by atoms with Gasteiger partial charge < -0.3 is 9.84 Å². The van der Waals surface area contributed by atoms with Crippen molar-refractivity contribution >= 4 is 0 Å². The summed E-state index contributed by atoms with van der Waals surface area (Å²) in [6, 6.07) is 23.9. The molecule has 4 heteroatoms. The second-order valence-electron chi connectivity index (χ2n) is 8.15. The number of hydrogen-bond acceptors (Lipinski definition) is 3. The molecule has 0 aliphatic carbocycles. The van der Waals surface area contributed by atoms with Gasteiger partial charge in [-0.15, -0.1) is 0 Å². The first-order valence-corrected chi connectivity index (χ1v) is 11.1. The molecule has 0 bridgehead atoms. The van der Waals surface area contributed by atoms with E-state index in [9.17, 15) is 4.39 Å². The molecule has 0 radical (unpaired) electrons. The van der Waals surface area contributed by atoms with Crippen LogP contribution in [0.15, 0.2) is 72.8 Å². The second-order valence-corrected chi connectivity index (χ2v) is 8.15. The number of unbranched alkanes of at least 4 members (excludes halogenated alkanes) is 2. The number of hydrogen-bond donors (Lipinski definition) is 1. The summed E-state index contributed by atoms with van der Waals surface area (Å²) in [6.45, 7) is 2.92. The Morgan fingerprint density at radius 1 is 0.871 bits per heavy atom. The van der Waals surface area contributed by atoms with Crippen molar-refractivity contribution < 1.29 is 14.2 Å². The molecule has 1 heterocycles. The van der Waals surface area contributed by atoms with Gasteiger partial charge in [0.2, 0.25) is 0 Å². The molecule has 3 aromatic rings. The van der Waals surface area contributed by atoms with E-state index in [2.05, 4.69) is 47.4 Å². The molecule has 0 amide bonds. The molecule has 1 aliphatic rings. The standard InChI is InChI=1S/C27H30FNO2/c28-24-14-13-23-19-31-20-27(21-9-3-1-4-10-21)29(15-7-2-8-16-30)18-22-11-5-6-12-25(22)26(23)17-24/h1,3-6,9-14,17,27,30H,2,7-8,15-16,18-20H2/t27-/m0/s1. The first-order valence-electron chi connectivity index (χ1n) is 11.1. The largest absolute Gasteiger partial charge is 0.396 e. The number of rotatable bonds is 6.